The molecular weight excluding hydrogens is 342 g/mol. The Kier molecular flexibility index (Phi) is 4.74. The van der Waals surface area contributed by atoms with Gasteiger partial charge in [-0.05, 0) is 42.6 Å². The van der Waals surface area contributed by atoms with E-state index >= 15 is 0 Å². The Labute approximate surface area is 157 Å². The van der Waals surface area contributed by atoms with E-state index in [1.165, 1.54) is 0 Å². The number of anilines is 2. The normalized spacial score (nSPS) is 16.7. The SMILES string of the molecule is O=C(O)c1cccc(N2CCN(c3ccc(C4=NCNC=C4)cn3)CC2)c1. The second-order valence-electron chi connectivity index (χ2n) is 6.47. The predicted molar refractivity (Wildman–Crippen MR) is 106 cm³/mol. The van der Waals surface area contributed by atoms with Crippen LogP contribution in [0.2, 0.25) is 0 Å². The molecule has 4 rings (SSSR count). The van der Waals surface area contributed by atoms with Crippen LogP contribution in [0.4, 0.5) is 11.5 Å². The highest BCUT2D eigenvalue weighted by Crippen LogP contribution is 2.21. The van der Waals surface area contributed by atoms with Gasteiger partial charge in [-0.2, -0.15) is 0 Å². The monoisotopic (exact) mass is 363 g/mol. The van der Waals surface area contributed by atoms with Gasteiger partial charge >= 0.3 is 5.97 Å². The summed E-state index contributed by atoms with van der Waals surface area (Å²) in [7, 11) is 0. The van der Waals surface area contributed by atoms with Crippen molar-refractivity contribution in [2.75, 3.05) is 42.6 Å². The van der Waals surface area contributed by atoms with Crippen molar-refractivity contribution in [3.05, 3.63) is 66.0 Å². The van der Waals surface area contributed by atoms with Gasteiger partial charge in [-0.25, -0.2) is 9.78 Å². The predicted octanol–water partition coefficient (Wildman–Crippen LogP) is 1.97. The lowest BCUT2D eigenvalue weighted by Crippen LogP contribution is -2.46. The van der Waals surface area contributed by atoms with Crippen LogP contribution in [-0.2, 0) is 0 Å². The first-order valence-corrected chi connectivity index (χ1v) is 8.95. The number of allylic oxidation sites excluding steroid dienone is 1. The number of aromatic carboxylic acids is 1. The third-order valence-electron chi connectivity index (χ3n) is 4.81. The minimum absolute atomic E-state index is 0.321. The van der Waals surface area contributed by atoms with Crippen molar-refractivity contribution in [2.45, 2.75) is 0 Å². The second kappa shape index (κ2) is 7.49. The molecule has 3 heterocycles. The fourth-order valence-corrected chi connectivity index (χ4v) is 3.32. The lowest BCUT2D eigenvalue weighted by atomic mass is 10.1. The van der Waals surface area contributed by atoms with E-state index in [0.29, 0.717) is 12.2 Å². The molecule has 1 aromatic carbocycles. The number of carboxylic acids is 1. The zero-order valence-corrected chi connectivity index (χ0v) is 14.9. The number of hydrogen-bond acceptors (Lipinski definition) is 6. The standard InChI is InChI=1S/C20H21N5O2/c26-20(27)15-2-1-3-17(12-15)24-8-10-25(11-9-24)19-5-4-16(13-22-19)18-6-7-21-14-23-18/h1-7,12-13,21H,8-11,14H2,(H,26,27). The number of hydrogen-bond donors (Lipinski definition) is 2. The summed E-state index contributed by atoms with van der Waals surface area (Å²) in [6, 6.07) is 11.2. The molecule has 1 aromatic heterocycles. The van der Waals surface area contributed by atoms with Gasteiger partial charge in [-0.15, -0.1) is 0 Å². The summed E-state index contributed by atoms with van der Waals surface area (Å²) >= 11 is 0. The Bertz CT molecular complexity index is 884. The zero-order valence-electron chi connectivity index (χ0n) is 14.9. The van der Waals surface area contributed by atoms with Crippen LogP contribution in [-0.4, -0.2) is 54.6 Å². The molecule has 1 saturated heterocycles. The van der Waals surface area contributed by atoms with Crippen LogP contribution in [0.5, 0.6) is 0 Å². The van der Waals surface area contributed by atoms with E-state index in [0.717, 1.165) is 49.0 Å². The molecule has 0 atom stereocenters. The van der Waals surface area contributed by atoms with Crippen molar-refractivity contribution in [3.8, 4) is 0 Å². The summed E-state index contributed by atoms with van der Waals surface area (Å²) in [5.74, 6) is 0.0594. The number of rotatable bonds is 4. The molecule has 2 N–H and O–H groups in total. The molecule has 138 valence electrons. The molecule has 0 aliphatic carbocycles. The van der Waals surface area contributed by atoms with Gasteiger partial charge in [-0.1, -0.05) is 6.07 Å². The van der Waals surface area contributed by atoms with Gasteiger partial charge in [0.2, 0.25) is 0 Å². The summed E-state index contributed by atoms with van der Waals surface area (Å²) in [6.45, 7) is 3.93. The molecular formula is C20H21N5O2. The Morgan fingerprint density at radius 2 is 1.89 bits per heavy atom. The van der Waals surface area contributed by atoms with Gasteiger partial charge in [0.25, 0.3) is 0 Å². The molecule has 0 unspecified atom stereocenters. The lowest BCUT2D eigenvalue weighted by molar-refractivity contribution is 0.0697. The van der Waals surface area contributed by atoms with Crippen LogP contribution in [0.3, 0.4) is 0 Å². The number of carboxylic acid groups (broad SMARTS) is 1. The Morgan fingerprint density at radius 1 is 1.07 bits per heavy atom. The molecule has 2 aliphatic heterocycles. The molecule has 7 heteroatoms. The summed E-state index contributed by atoms with van der Waals surface area (Å²) in [5, 5.41) is 12.2. The van der Waals surface area contributed by atoms with Crippen LogP contribution < -0.4 is 15.1 Å². The highest BCUT2D eigenvalue weighted by atomic mass is 16.4. The number of aliphatic imine (C=N–C) groups is 1. The van der Waals surface area contributed by atoms with Crippen molar-refractivity contribution >= 4 is 23.2 Å². The molecule has 1 fully saturated rings. The maximum atomic E-state index is 11.2. The Balaban J connectivity index is 1.40. The van der Waals surface area contributed by atoms with Crippen molar-refractivity contribution < 1.29 is 9.90 Å². The lowest BCUT2D eigenvalue weighted by Gasteiger charge is -2.36. The largest absolute Gasteiger partial charge is 0.478 e. The summed E-state index contributed by atoms with van der Waals surface area (Å²) in [4.78, 5) is 24.7. The maximum absolute atomic E-state index is 11.2. The van der Waals surface area contributed by atoms with Crippen LogP contribution in [0.1, 0.15) is 15.9 Å². The van der Waals surface area contributed by atoms with Crippen LogP contribution in [0, 0.1) is 0 Å². The molecule has 0 amide bonds. The molecule has 7 nitrogen and oxygen atoms in total. The van der Waals surface area contributed by atoms with E-state index < -0.39 is 5.97 Å². The molecule has 0 saturated carbocycles. The van der Waals surface area contributed by atoms with Crippen LogP contribution in [0.25, 0.3) is 0 Å². The van der Waals surface area contributed by atoms with Gasteiger partial charge in [-0.3, -0.25) is 4.99 Å². The molecule has 27 heavy (non-hydrogen) atoms. The molecule has 2 aromatic rings. The van der Waals surface area contributed by atoms with Crippen LogP contribution in [0.15, 0.2) is 59.9 Å². The Morgan fingerprint density at radius 3 is 2.56 bits per heavy atom. The van der Waals surface area contributed by atoms with E-state index in [-0.39, 0.29) is 0 Å². The number of benzene rings is 1. The molecule has 0 radical (unpaired) electrons. The average Bonchev–Trinajstić information content (AvgIpc) is 2.75. The van der Waals surface area contributed by atoms with Crippen molar-refractivity contribution in [1.29, 1.82) is 0 Å². The third kappa shape index (κ3) is 3.76. The second-order valence-corrected chi connectivity index (χ2v) is 6.47. The van der Waals surface area contributed by atoms with E-state index in [4.69, 9.17) is 5.11 Å². The van der Waals surface area contributed by atoms with E-state index in [1.807, 2.05) is 30.6 Å². The molecule has 2 aliphatic rings. The minimum atomic E-state index is -0.895. The van der Waals surface area contributed by atoms with Crippen LogP contribution >= 0.6 is 0 Å². The number of pyridine rings is 1. The van der Waals surface area contributed by atoms with Crippen molar-refractivity contribution in [1.82, 2.24) is 10.3 Å². The highest BCUT2D eigenvalue weighted by molar-refractivity contribution is 6.08. The van der Waals surface area contributed by atoms with Gasteiger partial charge in [0.15, 0.2) is 0 Å². The average molecular weight is 363 g/mol. The van der Waals surface area contributed by atoms with Crippen molar-refractivity contribution in [2.24, 2.45) is 4.99 Å². The summed E-state index contributed by atoms with van der Waals surface area (Å²) in [5.41, 5.74) is 3.23. The van der Waals surface area contributed by atoms with Gasteiger partial charge in [0.05, 0.1) is 11.3 Å². The number of aromatic nitrogens is 1. The summed E-state index contributed by atoms with van der Waals surface area (Å²) in [6.07, 6.45) is 5.71. The minimum Gasteiger partial charge on any atom is -0.478 e. The summed E-state index contributed by atoms with van der Waals surface area (Å²) < 4.78 is 0. The van der Waals surface area contributed by atoms with E-state index in [9.17, 15) is 4.79 Å². The molecule has 0 bridgehead atoms. The molecule has 0 spiro atoms. The number of piperazine rings is 1. The number of nitrogens with zero attached hydrogens (tertiary/aromatic N) is 4. The fraction of sp³-hybridized carbons (Fsp3) is 0.250. The van der Waals surface area contributed by atoms with Gasteiger partial charge in [0, 0.05) is 43.6 Å². The fourth-order valence-electron chi connectivity index (χ4n) is 3.32. The highest BCUT2D eigenvalue weighted by Gasteiger charge is 2.19. The number of nitrogens with one attached hydrogen (secondary N) is 1. The van der Waals surface area contributed by atoms with E-state index in [1.54, 1.807) is 18.2 Å². The topological polar surface area (TPSA) is 81.1 Å². The first kappa shape index (κ1) is 17.1. The van der Waals surface area contributed by atoms with E-state index in [2.05, 4.69) is 31.2 Å². The first-order valence-electron chi connectivity index (χ1n) is 8.95. The number of carbonyl (C=O) groups is 1. The third-order valence-corrected chi connectivity index (χ3v) is 4.81. The maximum Gasteiger partial charge on any atom is 0.335 e. The van der Waals surface area contributed by atoms with Gasteiger partial charge in [0.1, 0.15) is 12.5 Å². The Hall–Kier alpha value is -3.35. The van der Waals surface area contributed by atoms with Crippen molar-refractivity contribution in [3.63, 3.8) is 0 Å². The van der Waals surface area contributed by atoms with Gasteiger partial charge < -0.3 is 20.2 Å². The zero-order chi connectivity index (χ0) is 18.6. The first-order chi connectivity index (χ1) is 13.2. The quantitative estimate of drug-likeness (QED) is 0.864. The smallest absolute Gasteiger partial charge is 0.335 e.